The van der Waals surface area contributed by atoms with E-state index in [0.29, 0.717) is 43.0 Å². The highest BCUT2D eigenvalue weighted by Gasteiger charge is 2.22. The summed E-state index contributed by atoms with van der Waals surface area (Å²) >= 11 is 3.39. The van der Waals surface area contributed by atoms with Gasteiger partial charge < -0.3 is 15.1 Å². The van der Waals surface area contributed by atoms with E-state index in [1.807, 2.05) is 59.5 Å². The number of halogens is 1. The molecule has 2 amide bonds. The first kappa shape index (κ1) is 20.1. The lowest BCUT2D eigenvalue weighted by molar-refractivity contribution is 0.0746. The van der Waals surface area contributed by atoms with Crippen LogP contribution in [0.1, 0.15) is 20.7 Å². The fourth-order valence-corrected chi connectivity index (χ4v) is 3.62. The number of benzene rings is 2. The number of nitrogens with zero attached hydrogens (tertiary/aromatic N) is 3. The van der Waals surface area contributed by atoms with Gasteiger partial charge in [0.1, 0.15) is 5.82 Å². The smallest absolute Gasteiger partial charge is 0.255 e. The van der Waals surface area contributed by atoms with Crippen LogP contribution >= 0.6 is 15.9 Å². The van der Waals surface area contributed by atoms with Crippen LogP contribution in [0.5, 0.6) is 0 Å². The first-order valence-corrected chi connectivity index (χ1v) is 10.5. The standard InChI is InChI=1S/C23H21BrN4O2/c24-19-8-6-18(7-9-19)23(30)28-14-12-27(13-15-28)21-11-10-20(16-25-21)26-22(29)17-4-2-1-3-5-17/h1-11,16H,12-15H2,(H,26,29). The van der Waals surface area contributed by atoms with Crippen molar-refractivity contribution in [2.45, 2.75) is 0 Å². The maximum absolute atomic E-state index is 12.7. The zero-order valence-electron chi connectivity index (χ0n) is 16.3. The molecule has 1 aliphatic heterocycles. The summed E-state index contributed by atoms with van der Waals surface area (Å²) in [5.41, 5.74) is 1.95. The summed E-state index contributed by atoms with van der Waals surface area (Å²) in [4.78, 5) is 33.4. The van der Waals surface area contributed by atoms with Crippen LogP contribution in [0.2, 0.25) is 0 Å². The maximum atomic E-state index is 12.7. The molecule has 0 atom stereocenters. The van der Waals surface area contributed by atoms with Gasteiger partial charge in [-0.15, -0.1) is 0 Å². The molecule has 3 aromatic rings. The highest BCUT2D eigenvalue weighted by molar-refractivity contribution is 9.10. The Morgan fingerprint density at radius 3 is 2.17 bits per heavy atom. The van der Waals surface area contributed by atoms with Crippen LogP contribution in [0, 0.1) is 0 Å². The van der Waals surface area contributed by atoms with Crippen molar-refractivity contribution in [3.05, 3.63) is 88.5 Å². The number of carbonyl (C=O) groups excluding carboxylic acids is 2. The van der Waals surface area contributed by atoms with Gasteiger partial charge in [0.15, 0.2) is 0 Å². The number of pyridine rings is 1. The monoisotopic (exact) mass is 464 g/mol. The summed E-state index contributed by atoms with van der Waals surface area (Å²) in [5, 5.41) is 2.86. The van der Waals surface area contributed by atoms with Gasteiger partial charge in [0.05, 0.1) is 11.9 Å². The van der Waals surface area contributed by atoms with Gasteiger partial charge >= 0.3 is 0 Å². The zero-order chi connectivity index (χ0) is 20.9. The van der Waals surface area contributed by atoms with Gasteiger partial charge in [0, 0.05) is 41.8 Å². The lowest BCUT2D eigenvalue weighted by Gasteiger charge is -2.35. The average Bonchev–Trinajstić information content (AvgIpc) is 2.80. The van der Waals surface area contributed by atoms with E-state index in [2.05, 4.69) is 31.1 Å². The van der Waals surface area contributed by atoms with Crippen molar-refractivity contribution in [1.29, 1.82) is 0 Å². The Morgan fingerprint density at radius 1 is 0.833 bits per heavy atom. The Bertz CT molecular complexity index is 1020. The number of hydrogen-bond acceptors (Lipinski definition) is 4. The van der Waals surface area contributed by atoms with Gasteiger partial charge in [-0.25, -0.2) is 4.98 Å². The van der Waals surface area contributed by atoms with Crippen molar-refractivity contribution in [3.8, 4) is 0 Å². The number of carbonyl (C=O) groups is 2. The molecule has 0 saturated carbocycles. The van der Waals surface area contributed by atoms with Crippen LogP contribution < -0.4 is 10.2 Å². The van der Waals surface area contributed by atoms with Gasteiger partial charge in [-0.2, -0.15) is 0 Å². The molecule has 30 heavy (non-hydrogen) atoms. The summed E-state index contributed by atoms with van der Waals surface area (Å²) in [5.74, 6) is 0.725. The third-order valence-corrected chi connectivity index (χ3v) is 5.55. The second kappa shape index (κ2) is 9.09. The molecule has 0 bridgehead atoms. The molecule has 152 valence electrons. The number of piperazine rings is 1. The molecule has 4 rings (SSSR count). The molecule has 0 spiro atoms. The number of rotatable bonds is 4. The minimum Gasteiger partial charge on any atom is -0.353 e. The van der Waals surface area contributed by atoms with Crippen LogP contribution in [0.4, 0.5) is 11.5 Å². The summed E-state index contributed by atoms with van der Waals surface area (Å²) in [7, 11) is 0. The first-order chi connectivity index (χ1) is 14.6. The molecule has 1 saturated heterocycles. The number of hydrogen-bond donors (Lipinski definition) is 1. The Kier molecular flexibility index (Phi) is 6.09. The summed E-state index contributed by atoms with van der Waals surface area (Å²) in [6, 6.07) is 20.3. The molecule has 0 aliphatic carbocycles. The predicted molar refractivity (Wildman–Crippen MR) is 121 cm³/mol. The Labute approximate surface area is 183 Å². The van der Waals surface area contributed by atoms with Crippen molar-refractivity contribution in [1.82, 2.24) is 9.88 Å². The van der Waals surface area contributed by atoms with E-state index in [1.165, 1.54) is 0 Å². The lowest BCUT2D eigenvalue weighted by atomic mass is 10.2. The summed E-state index contributed by atoms with van der Waals surface area (Å²) in [6.45, 7) is 2.71. The maximum Gasteiger partial charge on any atom is 0.255 e. The number of anilines is 2. The van der Waals surface area contributed by atoms with Crippen molar-refractivity contribution in [2.24, 2.45) is 0 Å². The highest BCUT2D eigenvalue weighted by atomic mass is 79.9. The summed E-state index contributed by atoms with van der Waals surface area (Å²) in [6.07, 6.45) is 1.66. The SMILES string of the molecule is O=C(Nc1ccc(N2CCN(C(=O)c3ccc(Br)cc3)CC2)nc1)c1ccccc1. The molecule has 0 radical (unpaired) electrons. The van der Waals surface area contributed by atoms with Crippen molar-refractivity contribution in [2.75, 3.05) is 36.4 Å². The molecule has 1 fully saturated rings. The van der Waals surface area contributed by atoms with E-state index >= 15 is 0 Å². The third kappa shape index (κ3) is 4.68. The second-order valence-electron chi connectivity index (χ2n) is 7.01. The van der Waals surface area contributed by atoms with Gasteiger partial charge in [-0.3, -0.25) is 9.59 Å². The molecule has 1 N–H and O–H groups in total. The molecule has 1 aromatic heterocycles. The molecule has 2 heterocycles. The number of nitrogens with one attached hydrogen (secondary N) is 1. The van der Waals surface area contributed by atoms with Crippen LogP contribution in [0.15, 0.2) is 77.4 Å². The molecule has 7 heteroatoms. The quantitative estimate of drug-likeness (QED) is 0.632. The fraction of sp³-hybridized carbons (Fsp3) is 0.174. The van der Waals surface area contributed by atoms with E-state index < -0.39 is 0 Å². The van der Waals surface area contributed by atoms with Crippen molar-refractivity contribution >= 4 is 39.2 Å². The number of aromatic nitrogens is 1. The molecule has 2 aromatic carbocycles. The fourth-order valence-electron chi connectivity index (χ4n) is 3.35. The molecule has 1 aliphatic rings. The van der Waals surface area contributed by atoms with E-state index in [-0.39, 0.29) is 11.8 Å². The Morgan fingerprint density at radius 2 is 1.53 bits per heavy atom. The van der Waals surface area contributed by atoms with Crippen LogP contribution in [-0.4, -0.2) is 47.9 Å². The topological polar surface area (TPSA) is 65.5 Å². The van der Waals surface area contributed by atoms with E-state index in [0.717, 1.165) is 10.3 Å². The Hall–Kier alpha value is -3.19. The highest BCUT2D eigenvalue weighted by Crippen LogP contribution is 2.18. The van der Waals surface area contributed by atoms with Crippen LogP contribution in [0.25, 0.3) is 0 Å². The van der Waals surface area contributed by atoms with Crippen molar-refractivity contribution in [3.63, 3.8) is 0 Å². The first-order valence-electron chi connectivity index (χ1n) is 9.72. The average molecular weight is 465 g/mol. The molecular weight excluding hydrogens is 444 g/mol. The van der Waals surface area contributed by atoms with Gasteiger partial charge in [-0.05, 0) is 48.5 Å². The predicted octanol–water partition coefficient (Wildman–Crippen LogP) is 4.06. The minimum absolute atomic E-state index is 0.0501. The van der Waals surface area contributed by atoms with Gasteiger partial charge in [0.2, 0.25) is 0 Å². The summed E-state index contributed by atoms with van der Waals surface area (Å²) < 4.78 is 0.957. The molecular formula is C23H21BrN4O2. The Balaban J connectivity index is 1.33. The minimum atomic E-state index is -0.162. The van der Waals surface area contributed by atoms with E-state index in [4.69, 9.17) is 0 Å². The van der Waals surface area contributed by atoms with Crippen molar-refractivity contribution < 1.29 is 9.59 Å². The molecule has 0 unspecified atom stereocenters. The van der Waals surface area contributed by atoms with Gasteiger partial charge in [-0.1, -0.05) is 34.1 Å². The van der Waals surface area contributed by atoms with Crippen LogP contribution in [0.3, 0.4) is 0 Å². The van der Waals surface area contributed by atoms with Gasteiger partial charge in [0.25, 0.3) is 11.8 Å². The van der Waals surface area contributed by atoms with E-state index in [1.54, 1.807) is 18.3 Å². The molecule has 6 nitrogen and oxygen atoms in total. The number of amides is 2. The van der Waals surface area contributed by atoms with E-state index in [9.17, 15) is 9.59 Å². The largest absolute Gasteiger partial charge is 0.353 e. The normalized spacial score (nSPS) is 13.8. The lowest BCUT2D eigenvalue weighted by Crippen LogP contribution is -2.49. The van der Waals surface area contributed by atoms with Crippen LogP contribution in [-0.2, 0) is 0 Å². The third-order valence-electron chi connectivity index (χ3n) is 5.02. The second-order valence-corrected chi connectivity index (χ2v) is 7.93. The zero-order valence-corrected chi connectivity index (χ0v) is 17.9.